The summed E-state index contributed by atoms with van der Waals surface area (Å²) >= 11 is 0. The van der Waals surface area contributed by atoms with E-state index in [1.807, 2.05) is 43.3 Å². The highest BCUT2D eigenvalue weighted by Gasteiger charge is 2.16. The molecule has 1 N–H and O–H groups in total. The number of furan rings is 1. The summed E-state index contributed by atoms with van der Waals surface area (Å²) in [4.78, 5) is 17.5. The van der Waals surface area contributed by atoms with Crippen molar-refractivity contribution in [3.05, 3.63) is 64.6 Å². The zero-order valence-electron chi connectivity index (χ0n) is 13.5. The van der Waals surface area contributed by atoms with E-state index in [2.05, 4.69) is 12.2 Å². The fourth-order valence-corrected chi connectivity index (χ4v) is 2.71. The zero-order valence-corrected chi connectivity index (χ0v) is 13.5. The average Bonchev–Trinajstić information content (AvgIpc) is 3.08. The fourth-order valence-electron chi connectivity index (χ4n) is 2.71. The average molecular weight is 311 g/mol. The molecule has 0 spiro atoms. The van der Waals surface area contributed by atoms with Crippen molar-refractivity contribution in [1.29, 1.82) is 0 Å². The second-order valence-corrected chi connectivity index (χ2v) is 5.63. The van der Waals surface area contributed by atoms with Gasteiger partial charge in [-0.15, -0.1) is 0 Å². The zero-order chi connectivity index (χ0) is 16.2. The van der Waals surface area contributed by atoms with Crippen LogP contribution >= 0.6 is 0 Å². The van der Waals surface area contributed by atoms with Gasteiger partial charge in [0.1, 0.15) is 11.6 Å². The molecule has 0 bridgehead atoms. The summed E-state index contributed by atoms with van der Waals surface area (Å²) in [7, 11) is 0. The molecule has 2 aromatic heterocycles. The van der Waals surface area contributed by atoms with Crippen molar-refractivity contribution in [3.63, 3.8) is 0 Å². The van der Waals surface area contributed by atoms with Crippen molar-refractivity contribution in [2.75, 3.05) is 0 Å². The summed E-state index contributed by atoms with van der Waals surface area (Å²) in [5.74, 6) is 1.63. The second kappa shape index (κ2) is 6.79. The van der Waals surface area contributed by atoms with E-state index in [9.17, 15) is 4.79 Å². The number of para-hydroxylation sites is 1. The number of nitrogens with one attached hydrogen (secondary N) is 1. The van der Waals surface area contributed by atoms with Gasteiger partial charge in [0.15, 0.2) is 0 Å². The molecule has 0 aliphatic carbocycles. The molecule has 0 saturated heterocycles. The topological polar surface area (TPSA) is 60.1 Å². The van der Waals surface area contributed by atoms with Gasteiger partial charge in [0.2, 0.25) is 0 Å². The maximum absolute atomic E-state index is 12.8. The number of hydrogen-bond acceptors (Lipinski definition) is 4. The normalized spacial score (nSPS) is 12.6. The third-order valence-electron chi connectivity index (χ3n) is 3.89. The van der Waals surface area contributed by atoms with Gasteiger partial charge in [-0.1, -0.05) is 19.1 Å². The molecule has 23 heavy (non-hydrogen) atoms. The van der Waals surface area contributed by atoms with Gasteiger partial charge in [0.05, 0.1) is 29.8 Å². The number of hydrogen-bond donors (Lipinski definition) is 1. The number of rotatable bonds is 6. The molecule has 1 unspecified atom stereocenters. The monoisotopic (exact) mass is 311 g/mol. The highest BCUT2D eigenvalue weighted by molar-refractivity contribution is 5.77. The predicted molar refractivity (Wildman–Crippen MR) is 90.3 cm³/mol. The minimum atomic E-state index is -0.0519. The molecule has 1 aromatic carbocycles. The molecule has 5 heteroatoms. The Labute approximate surface area is 135 Å². The van der Waals surface area contributed by atoms with E-state index in [0.29, 0.717) is 18.5 Å². The summed E-state index contributed by atoms with van der Waals surface area (Å²) < 4.78 is 7.12. The minimum absolute atomic E-state index is 0.0269. The second-order valence-electron chi connectivity index (χ2n) is 5.63. The van der Waals surface area contributed by atoms with Crippen molar-refractivity contribution in [2.45, 2.75) is 39.4 Å². The highest BCUT2D eigenvalue weighted by Crippen LogP contribution is 2.15. The van der Waals surface area contributed by atoms with Crippen LogP contribution in [-0.4, -0.2) is 9.55 Å². The first-order valence-electron chi connectivity index (χ1n) is 7.96. The Morgan fingerprint density at radius 2 is 2.09 bits per heavy atom. The minimum Gasteiger partial charge on any atom is -0.468 e. The molecule has 0 aliphatic heterocycles. The van der Waals surface area contributed by atoms with Crippen LogP contribution in [0.25, 0.3) is 10.9 Å². The summed E-state index contributed by atoms with van der Waals surface area (Å²) in [6, 6.07) is 11.2. The molecule has 3 rings (SSSR count). The number of fused-ring (bicyclic) bond motifs is 1. The molecule has 0 fully saturated rings. The van der Waals surface area contributed by atoms with Crippen LogP contribution < -0.4 is 10.9 Å². The third-order valence-corrected chi connectivity index (χ3v) is 3.89. The van der Waals surface area contributed by atoms with Crippen molar-refractivity contribution in [1.82, 2.24) is 14.9 Å². The van der Waals surface area contributed by atoms with Gasteiger partial charge in [-0.2, -0.15) is 0 Å². The lowest BCUT2D eigenvalue weighted by molar-refractivity contribution is 0.439. The third kappa shape index (κ3) is 3.19. The molecule has 120 valence electrons. The van der Waals surface area contributed by atoms with Gasteiger partial charge in [-0.05, 0) is 37.6 Å². The lowest BCUT2D eigenvalue weighted by Crippen LogP contribution is -2.31. The fraction of sp³-hybridized carbons (Fsp3) is 0.333. The van der Waals surface area contributed by atoms with E-state index >= 15 is 0 Å². The molecule has 0 saturated carbocycles. The summed E-state index contributed by atoms with van der Waals surface area (Å²) in [5.41, 5.74) is 0.769. The molecule has 2 heterocycles. The lowest BCUT2D eigenvalue weighted by atomic mass is 10.2. The maximum Gasteiger partial charge on any atom is 0.261 e. The molecule has 5 nitrogen and oxygen atoms in total. The molecule has 0 amide bonds. The SMILES string of the molecule is CCCn1c(C(C)NCc2ccco2)nc2ccccc2c1=O. The largest absolute Gasteiger partial charge is 0.468 e. The number of benzene rings is 1. The van der Waals surface area contributed by atoms with Gasteiger partial charge in [0.25, 0.3) is 5.56 Å². The summed E-state index contributed by atoms with van der Waals surface area (Å²) in [6.07, 6.45) is 2.54. The van der Waals surface area contributed by atoms with Gasteiger partial charge >= 0.3 is 0 Å². The van der Waals surface area contributed by atoms with Crippen LogP contribution in [0.4, 0.5) is 0 Å². The summed E-state index contributed by atoms with van der Waals surface area (Å²) in [5, 5.41) is 4.05. The van der Waals surface area contributed by atoms with Crippen LogP contribution in [0.2, 0.25) is 0 Å². The lowest BCUT2D eigenvalue weighted by Gasteiger charge is -2.19. The Morgan fingerprint density at radius 1 is 1.26 bits per heavy atom. The molecule has 3 aromatic rings. The first-order valence-corrected chi connectivity index (χ1v) is 7.96. The predicted octanol–water partition coefficient (Wildman–Crippen LogP) is 3.25. The van der Waals surface area contributed by atoms with E-state index in [-0.39, 0.29) is 11.6 Å². The quantitative estimate of drug-likeness (QED) is 0.759. The van der Waals surface area contributed by atoms with Crippen molar-refractivity contribution in [2.24, 2.45) is 0 Å². The van der Waals surface area contributed by atoms with E-state index < -0.39 is 0 Å². The Hall–Kier alpha value is -2.40. The first kappa shape index (κ1) is 15.5. The van der Waals surface area contributed by atoms with Gasteiger partial charge < -0.3 is 9.73 Å². The van der Waals surface area contributed by atoms with Crippen molar-refractivity contribution < 1.29 is 4.42 Å². The maximum atomic E-state index is 12.8. The van der Waals surface area contributed by atoms with Crippen molar-refractivity contribution >= 4 is 10.9 Å². The van der Waals surface area contributed by atoms with E-state index in [0.717, 1.165) is 23.5 Å². The van der Waals surface area contributed by atoms with Crippen molar-refractivity contribution in [3.8, 4) is 0 Å². The van der Waals surface area contributed by atoms with Crippen LogP contribution in [0.15, 0.2) is 51.9 Å². The van der Waals surface area contributed by atoms with Crippen LogP contribution in [0.1, 0.15) is 37.9 Å². The molecule has 0 radical (unpaired) electrons. The Bertz CT molecular complexity index is 837. The smallest absolute Gasteiger partial charge is 0.261 e. The number of aromatic nitrogens is 2. The van der Waals surface area contributed by atoms with E-state index in [4.69, 9.17) is 9.40 Å². The van der Waals surface area contributed by atoms with Gasteiger partial charge in [-0.25, -0.2) is 4.98 Å². The standard InChI is InChI=1S/C18H21N3O2/c1-3-10-21-17(13(2)19-12-14-7-6-11-23-14)20-16-9-5-4-8-15(16)18(21)22/h4-9,11,13,19H,3,10,12H2,1-2H3. The van der Waals surface area contributed by atoms with Crippen LogP contribution in [0.3, 0.4) is 0 Å². The molecule has 0 aliphatic rings. The highest BCUT2D eigenvalue weighted by atomic mass is 16.3. The van der Waals surface area contributed by atoms with Gasteiger partial charge in [-0.3, -0.25) is 9.36 Å². The Balaban J connectivity index is 1.97. The molecule has 1 atom stereocenters. The van der Waals surface area contributed by atoms with Crippen LogP contribution in [0, 0.1) is 0 Å². The van der Waals surface area contributed by atoms with E-state index in [1.165, 1.54) is 0 Å². The Kier molecular flexibility index (Phi) is 4.57. The first-order chi connectivity index (χ1) is 11.2. The number of nitrogens with zero attached hydrogens (tertiary/aromatic N) is 2. The van der Waals surface area contributed by atoms with Gasteiger partial charge in [0, 0.05) is 6.54 Å². The molecular weight excluding hydrogens is 290 g/mol. The summed E-state index contributed by atoms with van der Waals surface area (Å²) in [6.45, 7) is 5.35. The Morgan fingerprint density at radius 3 is 2.83 bits per heavy atom. The van der Waals surface area contributed by atoms with Crippen LogP contribution in [-0.2, 0) is 13.1 Å². The van der Waals surface area contributed by atoms with E-state index in [1.54, 1.807) is 10.8 Å². The van der Waals surface area contributed by atoms with Crippen LogP contribution in [0.5, 0.6) is 0 Å². The molecular formula is C18H21N3O2.